The van der Waals surface area contributed by atoms with Gasteiger partial charge in [-0.2, -0.15) is 0 Å². The third-order valence-corrected chi connectivity index (χ3v) is 12.0. The van der Waals surface area contributed by atoms with Crippen LogP contribution in [0.2, 0.25) is 0 Å². The van der Waals surface area contributed by atoms with Crippen LogP contribution in [0.15, 0.2) is 207 Å². The lowest BCUT2D eigenvalue weighted by atomic mass is 9.96. The molecule has 0 aliphatic heterocycles. The number of benzene rings is 10. The summed E-state index contributed by atoms with van der Waals surface area (Å²) in [6.07, 6.45) is 0. The molecule has 0 spiro atoms. The van der Waals surface area contributed by atoms with Gasteiger partial charge in [0.05, 0.1) is 12.1 Å². The van der Waals surface area contributed by atoms with Gasteiger partial charge in [-0.3, -0.25) is 4.99 Å². The molecular weight excluding hydrogens is 735 g/mol. The summed E-state index contributed by atoms with van der Waals surface area (Å²) in [4.78, 5) is 10.4. The summed E-state index contributed by atoms with van der Waals surface area (Å²) in [7, 11) is 0. The molecule has 282 valence electrons. The van der Waals surface area contributed by atoms with Crippen LogP contribution in [0.1, 0.15) is 16.7 Å². The van der Waals surface area contributed by atoms with Crippen molar-refractivity contribution in [2.24, 2.45) is 15.7 Å². The number of nitrogens with zero attached hydrogens (tertiary/aromatic N) is 2. The van der Waals surface area contributed by atoms with Gasteiger partial charge in [-0.25, -0.2) is 4.99 Å². The standard InChI is InChI=1S/C55H35N3O2/c56-54(45-18-9-21-50-51(45)44-17-7-15-41(52(44)60-50)38-29-28-37-27-25-35-11-2-4-13-40(35)48(37)31-38)58-55(46-19-8-16-43-42-14-5-6-20-49(42)59-53(43)46)57-32-33-22-23-36-26-24-34-10-1-3-12-39(34)47(36)30-33/h1-31H,32H2,(H2,56,57,58). The Morgan fingerprint density at radius 1 is 0.433 bits per heavy atom. The molecule has 0 saturated heterocycles. The van der Waals surface area contributed by atoms with Gasteiger partial charge in [-0.1, -0.05) is 158 Å². The van der Waals surface area contributed by atoms with Crippen molar-refractivity contribution >= 4 is 98.6 Å². The third kappa shape index (κ3) is 5.48. The molecule has 5 nitrogen and oxygen atoms in total. The summed E-state index contributed by atoms with van der Waals surface area (Å²) in [6, 6.07) is 65.5. The predicted octanol–water partition coefficient (Wildman–Crippen LogP) is 14.1. The largest absolute Gasteiger partial charge is 0.455 e. The molecule has 2 heterocycles. The summed E-state index contributed by atoms with van der Waals surface area (Å²) >= 11 is 0. The van der Waals surface area contributed by atoms with Crippen LogP contribution in [-0.4, -0.2) is 11.7 Å². The molecule has 60 heavy (non-hydrogen) atoms. The molecule has 10 aromatic carbocycles. The topological polar surface area (TPSA) is 77.0 Å². The summed E-state index contributed by atoms with van der Waals surface area (Å²) in [5.74, 6) is 0.825. The number of hydrogen-bond acceptors (Lipinski definition) is 3. The van der Waals surface area contributed by atoms with Crippen LogP contribution in [0.4, 0.5) is 0 Å². The normalized spacial score (nSPS) is 12.7. The quantitative estimate of drug-likeness (QED) is 0.108. The first-order valence-electron chi connectivity index (χ1n) is 20.2. The fourth-order valence-electron chi connectivity index (χ4n) is 9.05. The monoisotopic (exact) mass is 769 g/mol. The Balaban J connectivity index is 1.01. The van der Waals surface area contributed by atoms with Crippen molar-refractivity contribution in [3.05, 3.63) is 205 Å². The van der Waals surface area contributed by atoms with Gasteiger partial charge in [0, 0.05) is 32.7 Å². The molecule has 12 rings (SSSR count). The fourth-order valence-corrected chi connectivity index (χ4v) is 9.05. The molecule has 0 saturated carbocycles. The van der Waals surface area contributed by atoms with Crippen LogP contribution < -0.4 is 5.73 Å². The van der Waals surface area contributed by atoms with Gasteiger partial charge < -0.3 is 14.6 Å². The van der Waals surface area contributed by atoms with E-state index in [2.05, 4.69) is 140 Å². The fraction of sp³-hybridized carbons (Fsp3) is 0.0182. The Hall–Kier alpha value is -8.02. The second-order valence-electron chi connectivity index (χ2n) is 15.4. The van der Waals surface area contributed by atoms with E-state index in [-0.39, 0.29) is 0 Å². The smallest absolute Gasteiger partial charge is 0.161 e. The summed E-state index contributed by atoms with van der Waals surface area (Å²) < 4.78 is 13.2. The Labute approximate surface area is 344 Å². The van der Waals surface area contributed by atoms with E-state index in [0.29, 0.717) is 18.2 Å². The molecule has 2 aromatic heterocycles. The van der Waals surface area contributed by atoms with Gasteiger partial charge >= 0.3 is 0 Å². The van der Waals surface area contributed by atoms with Crippen molar-refractivity contribution < 1.29 is 8.83 Å². The van der Waals surface area contributed by atoms with Crippen molar-refractivity contribution in [3.8, 4) is 11.1 Å². The minimum Gasteiger partial charge on any atom is -0.455 e. The van der Waals surface area contributed by atoms with E-state index >= 15 is 0 Å². The van der Waals surface area contributed by atoms with Crippen LogP contribution >= 0.6 is 0 Å². The highest BCUT2D eigenvalue weighted by atomic mass is 16.3. The molecule has 0 amide bonds. The number of hydrogen-bond donors (Lipinski definition) is 1. The van der Waals surface area contributed by atoms with Crippen LogP contribution in [0, 0.1) is 0 Å². The first kappa shape index (κ1) is 34.1. The first-order valence-corrected chi connectivity index (χ1v) is 20.2. The summed E-state index contributed by atoms with van der Waals surface area (Å²) in [6.45, 7) is 0.394. The lowest BCUT2D eigenvalue weighted by Gasteiger charge is -2.09. The van der Waals surface area contributed by atoms with Crippen LogP contribution in [0.25, 0.3) is 98.1 Å². The minimum atomic E-state index is 0.335. The number of furan rings is 2. The summed E-state index contributed by atoms with van der Waals surface area (Å²) in [5.41, 5.74) is 14.9. The van der Waals surface area contributed by atoms with Gasteiger partial charge in [0.1, 0.15) is 28.2 Å². The summed E-state index contributed by atoms with van der Waals surface area (Å²) in [5, 5.41) is 13.6. The van der Waals surface area contributed by atoms with Crippen LogP contribution in [-0.2, 0) is 6.54 Å². The molecule has 12 aromatic rings. The lowest BCUT2D eigenvalue weighted by molar-refractivity contribution is 0.668. The molecule has 0 atom stereocenters. The number of nitrogens with two attached hydrogens (primary N) is 1. The Bertz CT molecular complexity index is 3770. The highest BCUT2D eigenvalue weighted by Crippen LogP contribution is 2.39. The molecule has 0 radical (unpaired) electrons. The van der Waals surface area contributed by atoms with Crippen molar-refractivity contribution in [2.45, 2.75) is 6.54 Å². The zero-order valence-electron chi connectivity index (χ0n) is 32.4. The Morgan fingerprint density at radius 2 is 1.00 bits per heavy atom. The maximum atomic E-state index is 7.14. The van der Waals surface area contributed by atoms with Gasteiger partial charge in [0.15, 0.2) is 5.84 Å². The zero-order valence-corrected chi connectivity index (χ0v) is 32.4. The molecule has 0 fully saturated rings. The first-order chi connectivity index (χ1) is 29.6. The van der Waals surface area contributed by atoms with Gasteiger partial charge in [0.2, 0.25) is 0 Å². The van der Waals surface area contributed by atoms with Crippen molar-refractivity contribution in [1.82, 2.24) is 0 Å². The van der Waals surface area contributed by atoms with Crippen molar-refractivity contribution in [1.29, 1.82) is 0 Å². The van der Waals surface area contributed by atoms with E-state index < -0.39 is 0 Å². The highest BCUT2D eigenvalue weighted by Gasteiger charge is 2.20. The number of aliphatic imine (C=N–C) groups is 2. The predicted molar refractivity (Wildman–Crippen MR) is 250 cm³/mol. The number of rotatable bonds is 5. The second kappa shape index (κ2) is 13.5. The second-order valence-corrected chi connectivity index (χ2v) is 15.4. The SMILES string of the molecule is N/C(=N\C(=N/Cc1ccc2ccc3ccccc3c2c1)c1cccc2c1oc1ccccc12)c1cccc2oc3c(-c4ccc5ccc6ccccc6c5c4)cccc3c12. The van der Waals surface area contributed by atoms with E-state index in [0.717, 1.165) is 71.7 Å². The van der Waals surface area contributed by atoms with Gasteiger partial charge in [-0.15, -0.1) is 0 Å². The third-order valence-electron chi connectivity index (χ3n) is 12.0. The van der Waals surface area contributed by atoms with E-state index in [9.17, 15) is 0 Å². The molecule has 2 N–H and O–H groups in total. The number of amidine groups is 2. The van der Waals surface area contributed by atoms with Crippen LogP contribution in [0.3, 0.4) is 0 Å². The van der Waals surface area contributed by atoms with E-state index in [1.807, 2.05) is 48.5 Å². The van der Waals surface area contributed by atoms with Crippen molar-refractivity contribution in [3.63, 3.8) is 0 Å². The maximum Gasteiger partial charge on any atom is 0.161 e. The number of para-hydroxylation sites is 3. The molecule has 0 aliphatic carbocycles. The molecule has 5 heteroatoms. The lowest BCUT2D eigenvalue weighted by Crippen LogP contribution is -2.17. The zero-order chi connectivity index (χ0) is 39.7. The van der Waals surface area contributed by atoms with Gasteiger partial charge in [-0.05, 0) is 84.5 Å². The van der Waals surface area contributed by atoms with E-state index in [1.54, 1.807) is 0 Å². The van der Waals surface area contributed by atoms with Crippen molar-refractivity contribution in [2.75, 3.05) is 0 Å². The van der Waals surface area contributed by atoms with Gasteiger partial charge in [0.25, 0.3) is 0 Å². The molecule has 0 aliphatic rings. The highest BCUT2D eigenvalue weighted by molar-refractivity contribution is 6.24. The van der Waals surface area contributed by atoms with Crippen LogP contribution in [0.5, 0.6) is 0 Å². The average molecular weight is 770 g/mol. The Kier molecular flexibility index (Phi) is 7.69. The maximum absolute atomic E-state index is 7.14. The number of fused-ring (bicyclic) bond motifs is 12. The van der Waals surface area contributed by atoms with E-state index in [4.69, 9.17) is 24.6 Å². The van der Waals surface area contributed by atoms with E-state index in [1.165, 1.54) is 43.1 Å². The average Bonchev–Trinajstić information content (AvgIpc) is 3.89. The molecular formula is C55H35N3O2. The minimum absolute atomic E-state index is 0.335. The Morgan fingerprint density at radius 3 is 1.80 bits per heavy atom. The molecule has 0 unspecified atom stereocenters. The molecule has 0 bridgehead atoms.